The zero-order chi connectivity index (χ0) is 36.4. The van der Waals surface area contributed by atoms with Crippen molar-refractivity contribution in [1.82, 2.24) is 19.6 Å². The van der Waals surface area contributed by atoms with Crippen LogP contribution in [0, 0.1) is 0 Å². The molecular formula is C34H24Br2F6N4O4. The summed E-state index contributed by atoms with van der Waals surface area (Å²) < 4.78 is 84.2. The normalized spacial score (nSPS) is 11.7. The fourth-order valence-corrected chi connectivity index (χ4v) is 5.86. The summed E-state index contributed by atoms with van der Waals surface area (Å²) in [6, 6.07) is 20.9. The second-order valence-corrected chi connectivity index (χ2v) is 12.1. The van der Waals surface area contributed by atoms with Gasteiger partial charge in [-0.15, -0.1) is 26.3 Å². The molecule has 6 aromatic rings. The van der Waals surface area contributed by atoms with E-state index in [1.807, 2.05) is 38.1 Å². The van der Waals surface area contributed by atoms with Gasteiger partial charge in [0, 0.05) is 10.8 Å². The fraction of sp³-hybridized carbons (Fsp3) is 0.176. The Morgan fingerprint density at radius 1 is 0.560 bits per heavy atom. The quantitative estimate of drug-likeness (QED) is 0.156. The van der Waals surface area contributed by atoms with E-state index in [1.54, 1.807) is 12.1 Å². The minimum absolute atomic E-state index is 0.335. The van der Waals surface area contributed by atoms with Gasteiger partial charge in [0.15, 0.2) is 0 Å². The average Bonchev–Trinajstić information content (AvgIpc) is 3.07. The van der Waals surface area contributed by atoms with E-state index in [0.29, 0.717) is 42.1 Å². The summed E-state index contributed by atoms with van der Waals surface area (Å²) >= 11 is 6.69. The fourth-order valence-electron chi connectivity index (χ4n) is 4.87. The van der Waals surface area contributed by atoms with Gasteiger partial charge in [-0.1, -0.05) is 32.0 Å². The molecule has 6 rings (SSSR count). The largest absolute Gasteiger partial charge is 0.573 e. The third-order valence-corrected chi connectivity index (χ3v) is 8.45. The number of rotatable bonds is 6. The number of alkyl halides is 6. The van der Waals surface area contributed by atoms with Gasteiger partial charge in [-0.25, -0.2) is 0 Å². The lowest BCUT2D eigenvalue weighted by Crippen LogP contribution is -2.22. The summed E-state index contributed by atoms with van der Waals surface area (Å²) in [7, 11) is 0. The van der Waals surface area contributed by atoms with E-state index < -0.39 is 12.7 Å². The van der Waals surface area contributed by atoms with E-state index in [0.717, 1.165) is 57.6 Å². The van der Waals surface area contributed by atoms with Crippen LogP contribution in [0.4, 0.5) is 26.3 Å². The minimum atomic E-state index is -4.76. The van der Waals surface area contributed by atoms with Crippen LogP contribution in [-0.4, -0.2) is 32.3 Å². The van der Waals surface area contributed by atoms with E-state index in [-0.39, 0.29) is 22.6 Å². The first-order valence-electron chi connectivity index (χ1n) is 14.7. The van der Waals surface area contributed by atoms with Gasteiger partial charge in [0.2, 0.25) is 0 Å². The summed E-state index contributed by atoms with van der Waals surface area (Å²) in [6.07, 6.45) is -7.93. The highest BCUT2D eigenvalue weighted by Crippen LogP contribution is 2.27. The second kappa shape index (κ2) is 14.6. The van der Waals surface area contributed by atoms with Gasteiger partial charge in [-0.2, -0.15) is 19.6 Å². The molecule has 0 amide bonds. The third-order valence-electron chi connectivity index (χ3n) is 7.28. The first kappa shape index (κ1) is 36.6. The van der Waals surface area contributed by atoms with Crippen LogP contribution in [0.3, 0.4) is 0 Å². The van der Waals surface area contributed by atoms with E-state index >= 15 is 0 Å². The maximum Gasteiger partial charge on any atom is 0.573 e. The topological polar surface area (TPSA) is 88.2 Å². The molecule has 8 nitrogen and oxygen atoms in total. The lowest BCUT2D eigenvalue weighted by atomic mass is 10.1. The highest BCUT2D eigenvalue weighted by Gasteiger charge is 2.31. The SMILES string of the molecule is CCc1ccc2c(=O)n(-c3ccc(OC(F)(F)F)cc3)nc(Br)c2c1.CCc1ccc2c(Br)nn(-c3ccc(OC(F)(F)F)cc3)c(=O)c2c1. The average molecular weight is 826 g/mol. The van der Waals surface area contributed by atoms with E-state index in [1.165, 1.54) is 24.3 Å². The highest BCUT2D eigenvalue weighted by molar-refractivity contribution is 9.10. The standard InChI is InChI=1S/2C17H12BrF3N2O2/c1-2-10-3-8-13-14(9-10)15(18)22-23(16(13)24)11-4-6-12(7-5-11)25-17(19,20)21;1-2-10-3-8-13-14(9-10)16(24)23(22-15(13)18)11-4-6-12(7-5-11)25-17(19,20)21/h2*3-9H,2H2,1H3. The summed E-state index contributed by atoms with van der Waals surface area (Å²) in [5.41, 5.74) is 2.04. The van der Waals surface area contributed by atoms with E-state index in [9.17, 15) is 35.9 Å². The molecule has 2 heterocycles. The Morgan fingerprint density at radius 2 is 0.940 bits per heavy atom. The molecule has 50 heavy (non-hydrogen) atoms. The Hall–Kier alpha value is -4.70. The van der Waals surface area contributed by atoms with Gasteiger partial charge in [-0.05, 0) is 123 Å². The molecule has 0 bridgehead atoms. The van der Waals surface area contributed by atoms with Crippen molar-refractivity contribution in [2.24, 2.45) is 0 Å². The summed E-state index contributed by atoms with van der Waals surface area (Å²) in [6.45, 7) is 3.99. The minimum Gasteiger partial charge on any atom is -0.406 e. The van der Waals surface area contributed by atoms with Crippen LogP contribution in [0.1, 0.15) is 25.0 Å². The number of fused-ring (bicyclic) bond motifs is 2. The summed E-state index contributed by atoms with van der Waals surface area (Å²) in [5.74, 6) is -0.728. The van der Waals surface area contributed by atoms with Crippen molar-refractivity contribution in [1.29, 1.82) is 0 Å². The number of halogens is 8. The van der Waals surface area contributed by atoms with Gasteiger partial charge in [0.05, 0.1) is 22.1 Å². The van der Waals surface area contributed by atoms with E-state index in [2.05, 4.69) is 51.5 Å². The smallest absolute Gasteiger partial charge is 0.406 e. The molecule has 2 aromatic heterocycles. The number of hydrogen-bond acceptors (Lipinski definition) is 6. The first-order chi connectivity index (χ1) is 23.6. The molecular weight excluding hydrogens is 802 g/mol. The Morgan fingerprint density at radius 3 is 1.36 bits per heavy atom. The highest BCUT2D eigenvalue weighted by atomic mass is 79.9. The Kier molecular flexibility index (Phi) is 10.7. The second-order valence-electron chi connectivity index (χ2n) is 10.6. The Bertz CT molecular complexity index is 2290. The Labute approximate surface area is 296 Å². The molecule has 0 saturated carbocycles. The van der Waals surface area contributed by atoms with Crippen LogP contribution < -0.4 is 20.6 Å². The molecule has 0 unspecified atom stereocenters. The lowest BCUT2D eigenvalue weighted by Gasteiger charge is -2.11. The van der Waals surface area contributed by atoms with Gasteiger partial charge in [-0.3, -0.25) is 9.59 Å². The first-order valence-corrected chi connectivity index (χ1v) is 16.3. The molecule has 0 fully saturated rings. The molecule has 0 N–H and O–H groups in total. The summed E-state index contributed by atoms with van der Waals surface area (Å²) in [4.78, 5) is 25.4. The number of nitrogens with zero attached hydrogens (tertiary/aromatic N) is 4. The number of benzene rings is 4. The molecule has 0 atom stereocenters. The lowest BCUT2D eigenvalue weighted by molar-refractivity contribution is -0.275. The van der Waals surface area contributed by atoms with Crippen LogP contribution in [0.25, 0.3) is 32.9 Å². The number of hydrogen-bond donors (Lipinski definition) is 0. The van der Waals surface area contributed by atoms with Crippen LogP contribution in [0.15, 0.2) is 104 Å². The predicted octanol–water partition coefficient (Wildman–Crippen LogP) is 9.22. The van der Waals surface area contributed by atoms with Gasteiger partial charge < -0.3 is 9.47 Å². The predicted molar refractivity (Wildman–Crippen MR) is 182 cm³/mol. The maximum atomic E-state index is 12.7. The number of ether oxygens (including phenoxy) is 2. The van der Waals surface area contributed by atoms with Crippen molar-refractivity contribution >= 4 is 53.4 Å². The van der Waals surface area contributed by atoms with E-state index in [4.69, 9.17) is 0 Å². The molecule has 260 valence electrons. The molecule has 0 aliphatic rings. The zero-order valence-electron chi connectivity index (χ0n) is 25.9. The molecule has 16 heteroatoms. The molecule has 0 radical (unpaired) electrons. The van der Waals surface area contributed by atoms with Gasteiger partial charge in [0.1, 0.15) is 20.7 Å². The number of aryl methyl sites for hydroxylation is 2. The number of aromatic nitrogens is 4. The zero-order valence-corrected chi connectivity index (χ0v) is 29.1. The monoisotopic (exact) mass is 824 g/mol. The van der Waals surface area contributed by atoms with Crippen LogP contribution >= 0.6 is 31.9 Å². The molecule has 0 aliphatic heterocycles. The van der Waals surface area contributed by atoms with Crippen LogP contribution in [0.5, 0.6) is 11.5 Å². The van der Waals surface area contributed by atoms with Gasteiger partial charge >= 0.3 is 12.7 Å². The Balaban J connectivity index is 0.000000194. The van der Waals surface area contributed by atoms with Gasteiger partial charge in [0.25, 0.3) is 11.1 Å². The van der Waals surface area contributed by atoms with Crippen molar-refractivity contribution in [2.45, 2.75) is 39.4 Å². The van der Waals surface area contributed by atoms with Crippen molar-refractivity contribution in [3.8, 4) is 22.9 Å². The molecule has 0 aliphatic carbocycles. The van der Waals surface area contributed by atoms with Crippen molar-refractivity contribution in [3.05, 3.63) is 126 Å². The maximum absolute atomic E-state index is 12.7. The van der Waals surface area contributed by atoms with Crippen molar-refractivity contribution in [2.75, 3.05) is 0 Å². The molecule has 4 aromatic carbocycles. The molecule has 0 saturated heterocycles. The van der Waals surface area contributed by atoms with Crippen molar-refractivity contribution < 1.29 is 35.8 Å². The molecule has 0 spiro atoms. The summed E-state index contributed by atoms with van der Waals surface area (Å²) in [5, 5.41) is 10.7. The third kappa shape index (κ3) is 8.53. The van der Waals surface area contributed by atoms with Crippen molar-refractivity contribution in [3.63, 3.8) is 0 Å². The van der Waals surface area contributed by atoms with Crippen LogP contribution in [0.2, 0.25) is 0 Å². The van der Waals surface area contributed by atoms with Crippen LogP contribution in [-0.2, 0) is 12.8 Å².